The predicted octanol–water partition coefficient (Wildman–Crippen LogP) is 3.78. The Morgan fingerprint density at radius 3 is 2.54 bits per heavy atom. The largest absolute Gasteiger partial charge is 0.318 e. The van der Waals surface area contributed by atoms with Gasteiger partial charge >= 0.3 is 0 Å². The summed E-state index contributed by atoms with van der Waals surface area (Å²) in [7, 11) is 0. The van der Waals surface area contributed by atoms with E-state index in [0.29, 0.717) is 9.78 Å². The van der Waals surface area contributed by atoms with Crippen LogP contribution in [0.3, 0.4) is 0 Å². The molecule has 140 valence electrons. The van der Waals surface area contributed by atoms with Crippen molar-refractivity contribution in [2.75, 3.05) is 10.2 Å². The van der Waals surface area contributed by atoms with Crippen LogP contribution in [-0.4, -0.2) is 22.7 Å². The zero-order chi connectivity index (χ0) is 20.0. The summed E-state index contributed by atoms with van der Waals surface area (Å²) in [6, 6.07) is 7.19. The lowest BCUT2D eigenvalue weighted by Gasteiger charge is -2.15. The Balaban J connectivity index is 1.63. The number of aromatic nitrogens is 1. The molecule has 3 amide bonds. The van der Waals surface area contributed by atoms with Gasteiger partial charge in [-0.05, 0) is 31.2 Å². The van der Waals surface area contributed by atoms with Crippen molar-refractivity contribution in [3.63, 3.8) is 0 Å². The number of fused-ring (bicyclic) bond motifs is 1. The number of anilines is 2. The summed E-state index contributed by atoms with van der Waals surface area (Å²) in [6.07, 6.45) is 0. The van der Waals surface area contributed by atoms with Crippen molar-refractivity contribution < 1.29 is 23.2 Å². The van der Waals surface area contributed by atoms with E-state index in [2.05, 4.69) is 10.3 Å². The molecule has 2 aromatic carbocycles. The molecule has 1 aliphatic rings. The molecule has 3 aromatic rings. The fourth-order valence-electron chi connectivity index (χ4n) is 2.93. The number of aryl methyl sites for hydroxylation is 1. The number of amides is 3. The fourth-order valence-corrected chi connectivity index (χ4v) is 3.50. The first-order chi connectivity index (χ1) is 13.4. The van der Waals surface area contributed by atoms with E-state index >= 15 is 0 Å². The average molecular weight is 399 g/mol. The number of carbonyl (C=O) groups is 3. The summed E-state index contributed by atoms with van der Waals surface area (Å²) in [5.41, 5.74) is 1.07. The molecule has 0 unspecified atom stereocenters. The number of rotatable bonds is 3. The van der Waals surface area contributed by atoms with E-state index in [1.165, 1.54) is 41.1 Å². The average Bonchev–Trinajstić information content (AvgIpc) is 3.19. The maximum absolute atomic E-state index is 14.5. The number of nitrogens with zero attached hydrogens (tertiary/aromatic N) is 2. The van der Waals surface area contributed by atoms with Crippen molar-refractivity contribution in [3.05, 3.63) is 75.2 Å². The highest BCUT2D eigenvalue weighted by molar-refractivity contribution is 7.09. The highest BCUT2D eigenvalue weighted by Crippen LogP contribution is 2.31. The van der Waals surface area contributed by atoms with Gasteiger partial charge in [-0.2, -0.15) is 0 Å². The molecule has 0 saturated carbocycles. The van der Waals surface area contributed by atoms with E-state index in [0.717, 1.165) is 12.1 Å². The van der Waals surface area contributed by atoms with Gasteiger partial charge in [0.2, 0.25) is 0 Å². The van der Waals surface area contributed by atoms with Crippen LogP contribution in [0.15, 0.2) is 41.9 Å². The van der Waals surface area contributed by atoms with Gasteiger partial charge in [0, 0.05) is 10.9 Å². The second-order valence-corrected chi connectivity index (χ2v) is 7.04. The molecule has 2 heterocycles. The molecule has 28 heavy (non-hydrogen) atoms. The summed E-state index contributed by atoms with van der Waals surface area (Å²) in [5, 5.41) is 2.40. The Morgan fingerprint density at radius 2 is 1.89 bits per heavy atom. The minimum Gasteiger partial charge on any atom is -0.318 e. The molecule has 0 saturated heterocycles. The zero-order valence-corrected chi connectivity index (χ0v) is 15.1. The summed E-state index contributed by atoms with van der Waals surface area (Å²) in [5.74, 6) is -3.86. The van der Waals surface area contributed by atoms with Gasteiger partial charge in [-0.1, -0.05) is 6.07 Å². The smallest absolute Gasteiger partial charge is 0.275 e. The van der Waals surface area contributed by atoms with Crippen molar-refractivity contribution >= 4 is 40.4 Å². The van der Waals surface area contributed by atoms with Gasteiger partial charge in [-0.25, -0.2) is 18.7 Å². The fraction of sp³-hybridized carbons (Fsp3) is 0.0526. The number of hydrogen-bond donors (Lipinski definition) is 1. The Labute approximate surface area is 161 Å². The highest BCUT2D eigenvalue weighted by Gasteiger charge is 2.39. The molecule has 0 radical (unpaired) electrons. The van der Waals surface area contributed by atoms with Crippen molar-refractivity contribution in [2.24, 2.45) is 0 Å². The number of imide groups is 1. The monoisotopic (exact) mass is 399 g/mol. The first kappa shape index (κ1) is 17.9. The molecule has 0 aliphatic carbocycles. The maximum atomic E-state index is 14.5. The number of hydrogen-bond acceptors (Lipinski definition) is 5. The highest BCUT2D eigenvalue weighted by atomic mass is 32.1. The van der Waals surface area contributed by atoms with Crippen LogP contribution in [0.4, 0.5) is 20.2 Å². The number of nitrogens with one attached hydrogen (secondary N) is 1. The Bertz CT molecular complexity index is 1160. The Hall–Kier alpha value is -3.46. The van der Waals surface area contributed by atoms with Crippen LogP contribution < -0.4 is 10.2 Å². The third kappa shape index (κ3) is 2.76. The van der Waals surface area contributed by atoms with E-state index < -0.39 is 29.4 Å². The van der Waals surface area contributed by atoms with Gasteiger partial charge in [0.05, 0.1) is 28.0 Å². The van der Waals surface area contributed by atoms with Crippen LogP contribution in [0, 0.1) is 18.6 Å². The molecule has 0 bridgehead atoms. The van der Waals surface area contributed by atoms with Crippen LogP contribution in [0.25, 0.3) is 0 Å². The normalized spacial score (nSPS) is 13.0. The topological polar surface area (TPSA) is 79.4 Å². The minimum absolute atomic E-state index is 0.0639. The van der Waals surface area contributed by atoms with Crippen LogP contribution in [0.1, 0.15) is 36.1 Å². The third-order valence-electron chi connectivity index (χ3n) is 4.28. The molecular formula is C19H11F2N3O3S. The second-order valence-electron chi connectivity index (χ2n) is 5.98. The van der Waals surface area contributed by atoms with Gasteiger partial charge in [0.15, 0.2) is 0 Å². The van der Waals surface area contributed by atoms with E-state index in [9.17, 15) is 23.2 Å². The van der Waals surface area contributed by atoms with Crippen molar-refractivity contribution in [3.8, 4) is 0 Å². The molecule has 1 aliphatic heterocycles. The summed E-state index contributed by atoms with van der Waals surface area (Å²) in [4.78, 5) is 42.4. The number of benzene rings is 2. The Morgan fingerprint density at radius 1 is 1.11 bits per heavy atom. The maximum Gasteiger partial charge on any atom is 0.275 e. The van der Waals surface area contributed by atoms with E-state index in [1.54, 1.807) is 6.92 Å². The summed E-state index contributed by atoms with van der Waals surface area (Å²) < 4.78 is 28.4. The van der Waals surface area contributed by atoms with Crippen molar-refractivity contribution in [2.45, 2.75) is 6.92 Å². The van der Waals surface area contributed by atoms with E-state index in [-0.39, 0.29) is 28.2 Å². The molecule has 0 spiro atoms. The minimum atomic E-state index is -0.868. The zero-order valence-electron chi connectivity index (χ0n) is 14.3. The molecule has 0 fully saturated rings. The molecule has 0 atom stereocenters. The molecular weight excluding hydrogens is 388 g/mol. The number of thiazole rings is 1. The quantitative estimate of drug-likeness (QED) is 0.680. The van der Waals surface area contributed by atoms with Crippen LogP contribution in [0.2, 0.25) is 0 Å². The predicted molar refractivity (Wildman–Crippen MR) is 98.7 cm³/mol. The Kier molecular flexibility index (Phi) is 4.23. The van der Waals surface area contributed by atoms with Gasteiger partial charge < -0.3 is 5.32 Å². The second kappa shape index (κ2) is 6.61. The lowest BCUT2D eigenvalue weighted by Crippen LogP contribution is -2.29. The molecule has 6 nitrogen and oxygen atoms in total. The number of carbonyl (C=O) groups excluding carboxylic acids is 3. The van der Waals surface area contributed by atoms with Gasteiger partial charge in [-0.3, -0.25) is 14.4 Å². The van der Waals surface area contributed by atoms with Crippen molar-refractivity contribution in [1.29, 1.82) is 0 Å². The lowest BCUT2D eigenvalue weighted by atomic mass is 10.1. The summed E-state index contributed by atoms with van der Waals surface area (Å²) in [6.45, 7) is 1.72. The first-order valence-electron chi connectivity index (χ1n) is 8.06. The van der Waals surface area contributed by atoms with E-state index in [4.69, 9.17) is 0 Å². The van der Waals surface area contributed by atoms with Crippen LogP contribution in [0.5, 0.6) is 0 Å². The van der Waals surface area contributed by atoms with Gasteiger partial charge in [-0.15, -0.1) is 11.3 Å². The lowest BCUT2D eigenvalue weighted by molar-refractivity contribution is 0.0923. The number of halogens is 2. The molecule has 1 N–H and O–H groups in total. The van der Waals surface area contributed by atoms with Gasteiger partial charge in [0.1, 0.15) is 17.3 Å². The summed E-state index contributed by atoms with van der Waals surface area (Å²) >= 11 is 1.28. The standard InChI is InChI=1S/C19H11F2N3O3S/c1-9-16(22-8-28-9)17(25)23-14-6-5-10(7-13(14)21)24-18(26)11-3-2-4-12(20)15(11)19(24)27/h2-8H,1H3,(H,23,25). The molecule has 1 aromatic heterocycles. The third-order valence-corrected chi connectivity index (χ3v) is 5.04. The molecule has 9 heteroatoms. The van der Waals surface area contributed by atoms with Crippen LogP contribution in [-0.2, 0) is 0 Å². The molecule has 4 rings (SSSR count). The van der Waals surface area contributed by atoms with E-state index in [1.807, 2.05) is 0 Å². The van der Waals surface area contributed by atoms with Crippen molar-refractivity contribution in [1.82, 2.24) is 4.98 Å². The first-order valence-corrected chi connectivity index (χ1v) is 8.94. The SMILES string of the molecule is Cc1scnc1C(=O)Nc1ccc(N2C(=O)c3cccc(F)c3C2=O)cc1F. The van der Waals surface area contributed by atoms with Crippen LogP contribution >= 0.6 is 11.3 Å². The van der Waals surface area contributed by atoms with Gasteiger partial charge in [0.25, 0.3) is 17.7 Å².